The molecule has 0 aliphatic carbocycles. The van der Waals surface area contributed by atoms with Crippen molar-refractivity contribution in [1.82, 2.24) is 0 Å². The molecule has 0 aromatic rings. The number of carboxylic acids is 1. The molecule has 0 fully saturated rings. The molecule has 0 aromatic heterocycles. The largest absolute Gasteiger partial charge is 0.480 e. The predicted octanol–water partition coefficient (Wildman–Crippen LogP) is -0.550. The number of ether oxygens (including phenoxy) is 2. The Morgan fingerprint density at radius 2 is 2.17 bits per heavy atom. The molecule has 0 spiro atoms. The summed E-state index contributed by atoms with van der Waals surface area (Å²) in [7, 11) is 3.02. The first-order chi connectivity index (χ1) is 5.61. The lowest BCUT2D eigenvalue weighted by Crippen LogP contribution is -2.36. The van der Waals surface area contributed by atoms with Crippen molar-refractivity contribution in [3.8, 4) is 0 Å². The second kappa shape index (κ2) is 5.93. The first-order valence-electron chi connectivity index (χ1n) is 3.62. The van der Waals surface area contributed by atoms with Gasteiger partial charge in [0.05, 0.1) is 12.7 Å². The minimum absolute atomic E-state index is 0.249. The average Bonchev–Trinajstić information content (AvgIpc) is 2.03. The summed E-state index contributed by atoms with van der Waals surface area (Å²) in [6.45, 7) is 0.359. The summed E-state index contributed by atoms with van der Waals surface area (Å²) in [5, 5.41) is 8.47. The fourth-order valence-electron chi connectivity index (χ4n) is 0.802. The van der Waals surface area contributed by atoms with Crippen LogP contribution in [0.3, 0.4) is 0 Å². The van der Waals surface area contributed by atoms with E-state index in [0.717, 1.165) is 0 Å². The highest BCUT2D eigenvalue weighted by Crippen LogP contribution is 2.00. The summed E-state index contributed by atoms with van der Waals surface area (Å²) in [6, 6.07) is -0.884. The smallest absolute Gasteiger partial charge is 0.320 e. The Morgan fingerprint density at radius 3 is 2.50 bits per heavy atom. The lowest BCUT2D eigenvalue weighted by atomic mass is 10.1. The lowest BCUT2D eigenvalue weighted by molar-refractivity contribution is -0.139. The van der Waals surface area contributed by atoms with Gasteiger partial charge in [-0.1, -0.05) is 0 Å². The fourth-order valence-corrected chi connectivity index (χ4v) is 0.802. The Bertz CT molecular complexity index is 139. The van der Waals surface area contributed by atoms with Gasteiger partial charge in [0.15, 0.2) is 0 Å². The maximum absolute atomic E-state index is 10.3. The molecule has 2 unspecified atom stereocenters. The van der Waals surface area contributed by atoms with Gasteiger partial charge in [0.25, 0.3) is 0 Å². The maximum Gasteiger partial charge on any atom is 0.320 e. The Balaban J connectivity index is 3.76. The van der Waals surface area contributed by atoms with Crippen LogP contribution in [0.1, 0.15) is 6.42 Å². The number of rotatable bonds is 6. The van der Waals surface area contributed by atoms with Crippen molar-refractivity contribution in [1.29, 1.82) is 0 Å². The minimum atomic E-state index is -1.02. The first-order valence-corrected chi connectivity index (χ1v) is 3.62. The van der Waals surface area contributed by atoms with E-state index in [-0.39, 0.29) is 12.5 Å². The van der Waals surface area contributed by atoms with Crippen molar-refractivity contribution in [3.05, 3.63) is 0 Å². The van der Waals surface area contributed by atoms with Crippen molar-refractivity contribution in [3.63, 3.8) is 0 Å². The molecule has 0 aliphatic rings. The highest BCUT2D eigenvalue weighted by molar-refractivity contribution is 5.73. The molecule has 5 heteroatoms. The fraction of sp³-hybridized carbons (Fsp3) is 0.857. The molecular formula is C7H15NO4. The second-order valence-electron chi connectivity index (χ2n) is 2.49. The Labute approximate surface area is 71.5 Å². The van der Waals surface area contributed by atoms with Crippen LogP contribution in [-0.2, 0) is 14.3 Å². The van der Waals surface area contributed by atoms with Gasteiger partial charge in [-0.25, -0.2) is 0 Å². The molecule has 12 heavy (non-hydrogen) atoms. The van der Waals surface area contributed by atoms with E-state index in [1.165, 1.54) is 14.2 Å². The number of aliphatic carboxylic acids is 1. The molecule has 0 aromatic carbocycles. The van der Waals surface area contributed by atoms with Gasteiger partial charge in [-0.3, -0.25) is 4.79 Å². The average molecular weight is 177 g/mol. The van der Waals surface area contributed by atoms with Gasteiger partial charge in [-0.05, 0) is 0 Å². The van der Waals surface area contributed by atoms with Crippen molar-refractivity contribution in [2.75, 3.05) is 20.8 Å². The summed E-state index contributed by atoms with van der Waals surface area (Å²) in [5.41, 5.74) is 5.29. The van der Waals surface area contributed by atoms with Crippen LogP contribution in [-0.4, -0.2) is 44.0 Å². The minimum Gasteiger partial charge on any atom is -0.480 e. The summed E-state index contributed by atoms with van der Waals surface area (Å²) >= 11 is 0. The van der Waals surface area contributed by atoms with Crippen LogP contribution in [0.15, 0.2) is 0 Å². The number of carbonyl (C=O) groups is 1. The summed E-state index contributed by atoms with van der Waals surface area (Å²) in [6.07, 6.45) is 0.0146. The third kappa shape index (κ3) is 4.27. The lowest BCUT2D eigenvalue weighted by Gasteiger charge is -2.15. The van der Waals surface area contributed by atoms with Crippen LogP contribution in [0.25, 0.3) is 0 Å². The zero-order valence-corrected chi connectivity index (χ0v) is 7.32. The molecule has 0 saturated carbocycles. The Hall–Kier alpha value is -0.650. The molecule has 5 nitrogen and oxygen atoms in total. The topological polar surface area (TPSA) is 81.8 Å². The normalized spacial score (nSPS) is 15.6. The van der Waals surface area contributed by atoms with Gasteiger partial charge in [-0.2, -0.15) is 0 Å². The van der Waals surface area contributed by atoms with Crippen LogP contribution >= 0.6 is 0 Å². The van der Waals surface area contributed by atoms with Crippen LogP contribution in [0, 0.1) is 0 Å². The monoisotopic (exact) mass is 177 g/mol. The Kier molecular flexibility index (Phi) is 5.61. The van der Waals surface area contributed by atoms with Gasteiger partial charge in [0, 0.05) is 20.6 Å². The molecule has 0 saturated heterocycles. The van der Waals surface area contributed by atoms with E-state index in [0.29, 0.717) is 6.61 Å². The van der Waals surface area contributed by atoms with E-state index < -0.39 is 12.0 Å². The molecule has 0 rings (SSSR count). The van der Waals surface area contributed by atoms with Gasteiger partial charge in [-0.15, -0.1) is 0 Å². The highest BCUT2D eigenvalue weighted by Gasteiger charge is 2.17. The van der Waals surface area contributed by atoms with E-state index in [1.807, 2.05) is 0 Å². The van der Waals surface area contributed by atoms with Gasteiger partial charge >= 0.3 is 5.97 Å². The zero-order chi connectivity index (χ0) is 9.56. The van der Waals surface area contributed by atoms with Crippen LogP contribution in [0.5, 0.6) is 0 Å². The third-order valence-corrected chi connectivity index (χ3v) is 1.52. The quantitative estimate of drug-likeness (QED) is 0.569. The van der Waals surface area contributed by atoms with E-state index in [9.17, 15) is 4.79 Å². The third-order valence-electron chi connectivity index (χ3n) is 1.52. The number of hydrogen-bond acceptors (Lipinski definition) is 4. The van der Waals surface area contributed by atoms with Crippen molar-refractivity contribution in [2.45, 2.75) is 18.6 Å². The van der Waals surface area contributed by atoms with E-state index in [4.69, 9.17) is 20.3 Å². The van der Waals surface area contributed by atoms with E-state index in [2.05, 4.69) is 0 Å². The van der Waals surface area contributed by atoms with Crippen LogP contribution < -0.4 is 5.73 Å². The van der Waals surface area contributed by atoms with Crippen molar-refractivity contribution in [2.24, 2.45) is 5.73 Å². The van der Waals surface area contributed by atoms with Gasteiger partial charge < -0.3 is 20.3 Å². The van der Waals surface area contributed by atoms with Crippen molar-refractivity contribution >= 4 is 5.97 Å². The number of carboxylic acid groups (broad SMARTS) is 1. The number of hydrogen-bond donors (Lipinski definition) is 2. The second-order valence-corrected chi connectivity index (χ2v) is 2.49. The van der Waals surface area contributed by atoms with Gasteiger partial charge in [0.2, 0.25) is 0 Å². The molecule has 2 atom stereocenters. The van der Waals surface area contributed by atoms with Gasteiger partial charge in [0.1, 0.15) is 6.04 Å². The van der Waals surface area contributed by atoms with E-state index in [1.54, 1.807) is 0 Å². The highest BCUT2D eigenvalue weighted by atomic mass is 16.5. The first kappa shape index (κ1) is 11.4. The van der Waals surface area contributed by atoms with E-state index >= 15 is 0 Å². The molecule has 0 bridgehead atoms. The number of methoxy groups -OCH3 is 2. The standard InChI is InChI=1S/C7H15NO4/c1-11-4-5(12-2)3-6(8)7(9)10/h5-6H,3-4,8H2,1-2H3,(H,9,10). The molecule has 3 N–H and O–H groups in total. The molecule has 0 aliphatic heterocycles. The summed E-state index contributed by atoms with van der Waals surface area (Å²) < 4.78 is 9.75. The van der Waals surface area contributed by atoms with Crippen LogP contribution in [0.4, 0.5) is 0 Å². The molecular weight excluding hydrogens is 162 g/mol. The van der Waals surface area contributed by atoms with Crippen LogP contribution in [0.2, 0.25) is 0 Å². The summed E-state index contributed by atoms with van der Waals surface area (Å²) in [4.78, 5) is 10.3. The maximum atomic E-state index is 10.3. The Morgan fingerprint density at radius 1 is 1.58 bits per heavy atom. The summed E-state index contributed by atoms with van der Waals surface area (Å²) in [5.74, 6) is -1.02. The SMILES string of the molecule is COCC(CC(N)C(=O)O)OC. The zero-order valence-electron chi connectivity index (χ0n) is 7.32. The number of nitrogens with two attached hydrogens (primary N) is 1. The molecule has 0 heterocycles. The molecule has 72 valence electrons. The predicted molar refractivity (Wildman–Crippen MR) is 42.9 cm³/mol. The molecule has 0 amide bonds. The molecule has 0 radical (unpaired) electrons. The van der Waals surface area contributed by atoms with Crippen molar-refractivity contribution < 1.29 is 19.4 Å².